The van der Waals surface area contributed by atoms with Gasteiger partial charge in [0, 0.05) is 0 Å². The van der Waals surface area contributed by atoms with Gasteiger partial charge in [-0.2, -0.15) is 4.76 Å². The highest BCUT2D eigenvalue weighted by Gasteiger charge is 2.42. The highest BCUT2D eigenvalue weighted by atomic mass is 32.4. The van der Waals surface area contributed by atoms with Crippen molar-refractivity contribution in [2.75, 3.05) is 0 Å². The van der Waals surface area contributed by atoms with E-state index in [1.165, 1.54) is 5.16 Å². The van der Waals surface area contributed by atoms with Gasteiger partial charge in [0.15, 0.2) is 46.5 Å². The van der Waals surface area contributed by atoms with E-state index in [4.69, 9.17) is 0 Å². The standard InChI is InChI=1S/C13F10NPS2/c14-2-4(16)8(20)12(9(21)5(2)17)25(27,24-1-26)13-10(22)6(18)3(15)7(19)11(13)23. The van der Waals surface area contributed by atoms with Crippen LogP contribution in [0, 0.1) is 58.2 Å². The molecule has 0 aliphatic carbocycles. The number of hydrogen-bond acceptors (Lipinski definition) is 2. The monoisotopic (exact) mass is 455 g/mol. The Kier molecular flexibility index (Phi) is 5.82. The zero-order chi connectivity index (χ0) is 20.8. The molecule has 2 rings (SSSR count). The molecule has 0 amide bonds. The minimum atomic E-state index is -5.27. The maximum atomic E-state index is 14.1. The van der Waals surface area contributed by atoms with E-state index in [2.05, 4.69) is 28.8 Å². The molecule has 0 aliphatic rings. The van der Waals surface area contributed by atoms with Crippen LogP contribution in [-0.2, 0) is 11.8 Å². The van der Waals surface area contributed by atoms with Gasteiger partial charge in [0.1, 0.15) is 6.19 Å². The fourth-order valence-electron chi connectivity index (χ4n) is 1.99. The first-order valence-electron chi connectivity index (χ1n) is 6.15. The summed E-state index contributed by atoms with van der Waals surface area (Å²) in [6.07, 6.45) is -5.27. The molecule has 0 saturated carbocycles. The molecule has 2 aromatic carbocycles. The Morgan fingerprint density at radius 2 is 0.741 bits per heavy atom. The van der Waals surface area contributed by atoms with Gasteiger partial charge >= 0.3 is 0 Å². The zero-order valence-electron chi connectivity index (χ0n) is 12.0. The molecular weight excluding hydrogens is 455 g/mol. The van der Waals surface area contributed by atoms with Crippen molar-refractivity contribution in [3.05, 3.63) is 58.2 Å². The largest absolute Gasteiger partial charge is 0.203 e. The van der Waals surface area contributed by atoms with Gasteiger partial charge in [-0.3, -0.25) is 0 Å². The Hall–Kier alpha value is -1.81. The highest BCUT2D eigenvalue weighted by Crippen LogP contribution is 2.49. The van der Waals surface area contributed by atoms with Gasteiger partial charge in [0.25, 0.3) is 0 Å². The van der Waals surface area contributed by atoms with Crippen molar-refractivity contribution in [1.29, 1.82) is 0 Å². The molecule has 0 fully saturated rings. The van der Waals surface area contributed by atoms with Crippen LogP contribution in [0.2, 0.25) is 0 Å². The Bertz CT molecular complexity index is 948. The summed E-state index contributed by atoms with van der Waals surface area (Å²) in [7, 11) is 0. The molecule has 144 valence electrons. The van der Waals surface area contributed by atoms with E-state index >= 15 is 0 Å². The van der Waals surface area contributed by atoms with Crippen molar-refractivity contribution in [3.8, 4) is 0 Å². The molecule has 0 spiro atoms. The summed E-state index contributed by atoms with van der Waals surface area (Å²) >= 11 is 8.64. The van der Waals surface area contributed by atoms with Gasteiger partial charge in [-0.1, -0.05) is 11.8 Å². The van der Waals surface area contributed by atoms with Crippen LogP contribution >= 0.6 is 18.4 Å². The van der Waals surface area contributed by atoms with E-state index in [0.29, 0.717) is 0 Å². The highest BCUT2D eigenvalue weighted by molar-refractivity contribution is 8.21. The molecule has 0 radical (unpaired) electrons. The first kappa shape index (κ1) is 21.5. The Labute approximate surface area is 153 Å². The molecule has 0 N–H and O–H groups in total. The Morgan fingerprint density at radius 1 is 0.519 bits per heavy atom. The third-order valence-corrected chi connectivity index (χ3v) is 7.11. The van der Waals surface area contributed by atoms with Crippen molar-refractivity contribution < 1.29 is 43.9 Å². The molecular formula is C13F10NPS2. The van der Waals surface area contributed by atoms with Crippen LogP contribution in [-0.4, -0.2) is 5.16 Å². The second-order valence-corrected chi connectivity index (χ2v) is 8.62. The van der Waals surface area contributed by atoms with Crippen molar-refractivity contribution >= 4 is 46.0 Å². The fourth-order valence-corrected chi connectivity index (χ4v) is 5.59. The minimum Gasteiger partial charge on any atom is -0.203 e. The van der Waals surface area contributed by atoms with Crippen LogP contribution in [0.4, 0.5) is 43.9 Å². The normalized spacial score (nSPS) is 11.5. The predicted molar refractivity (Wildman–Crippen MR) is 81.0 cm³/mol. The van der Waals surface area contributed by atoms with Gasteiger partial charge in [-0.15, -0.1) is 0 Å². The maximum absolute atomic E-state index is 14.1. The van der Waals surface area contributed by atoms with Crippen molar-refractivity contribution in [2.45, 2.75) is 0 Å². The lowest BCUT2D eigenvalue weighted by Crippen LogP contribution is -2.30. The summed E-state index contributed by atoms with van der Waals surface area (Å²) in [5.74, 6) is -26.2. The number of thiocarbonyl (C=S) groups is 1. The molecule has 27 heavy (non-hydrogen) atoms. The molecule has 1 nitrogen and oxygen atoms in total. The molecule has 0 aromatic heterocycles. The molecule has 0 heterocycles. The maximum Gasteiger partial charge on any atom is 0.200 e. The predicted octanol–water partition coefficient (Wildman–Crippen LogP) is 4.53. The molecule has 0 atom stereocenters. The lowest BCUT2D eigenvalue weighted by atomic mass is 10.3. The molecule has 0 unspecified atom stereocenters. The van der Waals surface area contributed by atoms with E-state index in [0.717, 1.165) is 0 Å². The van der Waals surface area contributed by atoms with Crippen molar-refractivity contribution in [3.63, 3.8) is 0 Å². The average molecular weight is 455 g/mol. The molecule has 2 aromatic rings. The first-order chi connectivity index (χ1) is 12.4. The lowest BCUT2D eigenvalue weighted by molar-refractivity contribution is 0.383. The average Bonchev–Trinajstić information content (AvgIpc) is 2.62. The van der Waals surface area contributed by atoms with E-state index in [9.17, 15) is 43.9 Å². The molecule has 0 aliphatic heterocycles. The van der Waals surface area contributed by atoms with Gasteiger partial charge in [-0.25, -0.2) is 43.9 Å². The smallest absolute Gasteiger partial charge is 0.200 e. The Balaban J connectivity index is 3.15. The van der Waals surface area contributed by atoms with Gasteiger partial charge in [0.05, 0.1) is 15.8 Å². The summed E-state index contributed by atoms with van der Waals surface area (Å²) in [4.78, 5) is 0. The SMILES string of the molecule is Fc1c(F)c(F)c(P(=S)(N=C=S)c2c(F)c(F)c(F)c(F)c2F)c(F)c1F. The zero-order valence-corrected chi connectivity index (χ0v) is 14.5. The van der Waals surface area contributed by atoms with E-state index in [-0.39, 0.29) is 0 Å². The molecule has 14 heteroatoms. The third kappa shape index (κ3) is 3.08. The van der Waals surface area contributed by atoms with Crippen LogP contribution in [0.25, 0.3) is 0 Å². The number of isothiocyanates is 1. The summed E-state index contributed by atoms with van der Waals surface area (Å²) in [5, 5.41) is -2.79. The van der Waals surface area contributed by atoms with Crippen LogP contribution in [0.1, 0.15) is 0 Å². The van der Waals surface area contributed by atoms with Gasteiger partial charge in [-0.05, 0) is 12.2 Å². The number of rotatable bonds is 3. The fraction of sp³-hybridized carbons (Fsp3) is 0. The summed E-state index contributed by atoms with van der Waals surface area (Å²) in [6.45, 7) is 0. The van der Waals surface area contributed by atoms with Crippen LogP contribution in [0.3, 0.4) is 0 Å². The number of hydrogen-bond donors (Lipinski definition) is 0. The number of benzene rings is 2. The second kappa shape index (κ2) is 7.31. The van der Waals surface area contributed by atoms with Crippen LogP contribution in [0.15, 0.2) is 4.76 Å². The molecule has 0 bridgehead atoms. The summed E-state index contributed by atoms with van der Waals surface area (Å²) in [5.41, 5.74) is 0. The minimum absolute atomic E-state index is 1.33. The van der Waals surface area contributed by atoms with Gasteiger partial charge in [0.2, 0.25) is 11.6 Å². The van der Waals surface area contributed by atoms with Crippen LogP contribution < -0.4 is 10.6 Å². The number of nitrogens with zero attached hydrogens (tertiary/aromatic N) is 1. The quantitative estimate of drug-likeness (QED) is 0.169. The van der Waals surface area contributed by atoms with E-state index in [1.54, 1.807) is 0 Å². The van der Waals surface area contributed by atoms with E-state index < -0.39 is 75.0 Å². The second-order valence-electron chi connectivity index (χ2n) is 4.60. The topological polar surface area (TPSA) is 12.4 Å². The first-order valence-corrected chi connectivity index (χ1v) is 9.31. The summed E-state index contributed by atoms with van der Waals surface area (Å²) < 4.78 is 139. The van der Waals surface area contributed by atoms with Crippen LogP contribution in [0.5, 0.6) is 0 Å². The van der Waals surface area contributed by atoms with Crippen molar-refractivity contribution in [2.24, 2.45) is 4.76 Å². The Morgan fingerprint density at radius 3 is 0.963 bits per heavy atom. The lowest BCUT2D eigenvalue weighted by Gasteiger charge is -2.21. The van der Waals surface area contributed by atoms with E-state index in [1.807, 2.05) is 0 Å². The summed E-state index contributed by atoms with van der Waals surface area (Å²) in [6, 6.07) is 0. The number of halogens is 10. The third-order valence-electron chi connectivity index (χ3n) is 3.16. The molecule has 0 saturated heterocycles. The van der Waals surface area contributed by atoms with Gasteiger partial charge < -0.3 is 0 Å². The van der Waals surface area contributed by atoms with Crippen molar-refractivity contribution in [1.82, 2.24) is 0 Å².